The lowest BCUT2D eigenvalue weighted by molar-refractivity contribution is -0.134. The van der Waals surface area contributed by atoms with Crippen LogP contribution in [0.5, 0.6) is 0 Å². The maximum atomic E-state index is 12.0. The van der Waals surface area contributed by atoms with Crippen molar-refractivity contribution in [3.8, 4) is 0 Å². The molecule has 6 N–H and O–H groups in total. The van der Waals surface area contributed by atoms with Crippen molar-refractivity contribution in [3.63, 3.8) is 0 Å². The number of hydrogen-bond donors (Lipinski definition) is 4. The fourth-order valence-corrected chi connectivity index (χ4v) is 2.59. The molecule has 1 rings (SSSR count). The quantitative estimate of drug-likeness (QED) is 0.595. The maximum absolute atomic E-state index is 12.0. The molecule has 1 heterocycles. The molecule has 10 heteroatoms. The molecule has 0 bridgehead atoms. The highest BCUT2D eigenvalue weighted by molar-refractivity contribution is 7.19. The van der Waals surface area contributed by atoms with E-state index < -0.39 is 24.4 Å². The second kappa shape index (κ2) is 6.66. The van der Waals surface area contributed by atoms with E-state index in [1.165, 1.54) is 7.05 Å². The van der Waals surface area contributed by atoms with Crippen LogP contribution >= 0.6 is 11.3 Å². The zero-order valence-corrected chi connectivity index (χ0v) is 12.0. The van der Waals surface area contributed by atoms with Crippen LogP contribution in [0, 0.1) is 0 Å². The number of amides is 2. The second-order valence-electron chi connectivity index (χ2n) is 4.14. The number of rotatable bonds is 6. The summed E-state index contributed by atoms with van der Waals surface area (Å²) in [5.74, 6) is -1.35. The number of nitrogens with one attached hydrogen (secondary N) is 2. The van der Waals surface area contributed by atoms with Gasteiger partial charge in [-0.05, 0) is 6.42 Å². The predicted octanol–water partition coefficient (Wildman–Crippen LogP) is 1.54. The van der Waals surface area contributed by atoms with Crippen LogP contribution < -0.4 is 22.1 Å². The molecule has 0 radical (unpaired) electrons. The standard InChI is InChI=1S/C11H15F3N4O2S/c1-17-9(20)5-6(15)7(8(16)19)21-10(5)18-4-2-3-11(12,13)14/h18H,2-4,15H2,1H3,(H2,16,19)(H,17,20). The highest BCUT2D eigenvalue weighted by Gasteiger charge is 2.27. The molecule has 0 aliphatic heterocycles. The third-order valence-corrected chi connectivity index (χ3v) is 3.72. The van der Waals surface area contributed by atoms with Crippen LogP contribution in [-0.2, 0) is 0 Å². The lowest BCUT2D eigenvalue weighted by atomic mass is 10.2. The zero-order chi connectivity index (χ0) is 16.2. The van der Waals surface area contributed by atoms with Gasteiger partial charge in [-0.3, -0.25) is 9.59 Å². The Morgan fingerprint density at radius 1 is 1.33 bits per heavy atom. The second-order valence-corrected chi connectivity index (χ2v) is 5.16. The first-order chi connectivity index (χ1) is 9.67. The van der Waals surface area contributed by atoms with Gasteiger partial charge in [-0.15, -0.1) is 11.3 Å². The summed E-state index contributed by atoms with van der Waals surface area (Å²) in [5, 5.41) is 5.26. The van der Waals surface area contributed by atoms with E-state index >= 15 is 0 Å². The van der Waals surface area contributed by atoms with Crippen molar-refractivity contribution in [1.82, 2.24) is 5.32 Å². The third-order valence-electron chi connectivity index (χ3n) is 2.55. The predicted molar refractivity (Wildman–Crippen MR) is 74.4 cm³/mol. The Kier molecular flexibility index (Phi) is 5.41. The number of carbonyl (C=O) groups is 2. The fraction of sp³-hybridized carbons (Fsp3) is 0.455. The van der Waals surface area contributed by atoms with E-state index in [1.807, 2.05) is 0 Å². The summed E-state index contributed by atoms with van der Waals surface area (Å²) >= 11 is 0.843. The molecule has 2 amide bonds. The molecule has 0 saturated heterocycles. The number of nitrogen functional groups attached to an aromatic ring is 1. The minimum atomic E-state index is -4.24. The molecule has 21 heavy (non-hydrogen) atoms. The third kappa shape index (κ3) is 4.52. The highest BCUT2D eigenvalue weighted by atomic mass is 32.1. The van der Waals surface area contributed by atoms with E-state index in [0.29, 0.717) is 0 Å². The van der Waals surface area contributed by atoms with Crippen molar-refractivity contribution in [2.75, 3.05) is 24.6 Å². The van der Waals surface area contributed by atoms with Gasteiger partial charge in [0.05, 0.1) is 11.3 Å². The van der Waals surface area contributed by atoms with E-state index in [-0.39, 0.29) is 34.1 Å². The van der Waals surface area contributed by atoms with Crippen molar-refractivity contribution in [2.45, 2.75) is 19.0 Å². The number of anilines is 2. The van der Waals surface area contributed by atoms with E-state index in [0.717, 1.165) is 11.3 Å². The fourth-order valence-electron chi connectivity index (χ4n) is 1.59. The molecule has 118 valence electrons. The molecule has 0 unspecified atom stereocenters. The number of thiophene rings is 1. The van der Waals surface area contributed by atoms with Crippen LogP contribution in [0.15, 0.2) is 0 Å². The summed E-state index contributed by atoms with van der Waals surface area (Å²) < 4.78 is 36.1. The first-order valence-electron chi connectivity index (χ1n) is 5.92. The van der Waals surface area contributed by atoms with Gasteiger partial charge in [0.25, 0.3) is 11.8 Å². The molecule has 1 aromatic rings. The van der Waals surface area contributed by atoms with Gasteiger partial charge in [0.1, 0.15) is 9.88 Å². The van der Waals surface area contributed by atoms with Gasteiger partial charge >= 0.3 is 6.18 Å². The first kappa shape index (κ1) is 17.1. The van der Waals surface area contributed by atoms with Crippen LogP contribution in [0.25, 0.3) is 0 Å². The molecule has 0 aliphatic carbocycles. The summed E-state index contributed by atoms with van der Waals surface area (Å²) in [6, 6.07) is 0. The molecule has 0 saturated carbocycles. The van der Waals surface area contributed by atoms with Gasteiger partial charge in [-0.25, -0.2) is 0 Å². The van der Waals surface area contributed by atoms with Crippen molar-refractivity contribution in [2.24, 2.45) is 5.73 Å². The Hall–Kier alpha value is -1.97. The van der Waals surface area contributed by atoms with E-state index in [1.54, 1.807) is 0 Å². The Balaban J connectivity index is 2.88. The van der Waals surface area contributed by atoms with Crippen molar-refractivity contribution in [3.05, 3.63) is 10.4 Å². The topological polar surface area (TPSA) is 110 Å². The lowest BCUT2D eigenvalue weighted by Gasteiger charge is -2.08. The smallest absolute Gasteiger partial charge is 0.389 e. The first-order valence-corrected chi connectivity index (χ1v) is 6.73. The minimum Gasteiger partial charge on any atom is -0.397 e. The average molecular weight is 324 g/mol. The Bertz CT molecular complexity index is 542. The average Bonchev–Trinajstić information content (AvgIpc) is 2.70. The van der Waals surface area contributed by atoms with Crippen molar-refractivity contribution >= 4 is 33.8 Å². The monoisotopic (exact) mass is 324 g/mol. The van der Waals surface area contributed by atoms with Crippen molar-refractivity contribution < 1.29 is 22.8 Å². The van der Waals surface area contributed by atoms with Gasteiger partial charge < -0.3 is 22.1 Å². The van der Waals surface area contributed by atoms with Crippen LogP contribution in [0.2, 0.25) is 0 Å². The van der Waals surface area contributed by atoms with Crippen molar-refractivity contribution in [1.29, 1.82) is 0 Å². The molecular weight excluding hydrogens is 309 g/mol. The van der Waals surface area contributed by atoms with Crippen LogP contribution in [0.3, 0.4) is 0 Å². The SMILES string of the molecule is CNC(=O)c1c(NCCCC(F)(F)F)sc(C(N)=O)c1N. The molecule has 0 fully saturated rings. The molecule has 0 spiro atoms. The van der Waals surface area contributed by atoms with E-state index in [4.69, 9.17) is 11.5 Å². The van der Waals surface area contributed by atoms with Crippen LogP contribution in [0.4, 0.5) is 23.9 Å². The molecule has 1 aromatic heterocycles. The normalized spacial score (nSPS) is 11.2. The van der Waals surface area contributed by atoms with Crippen LogP contribution in [-0.4, -0.2) is 31.6 Å². The Labute approximate surface area is 122 Å². The summed E-state index contributed by atoms with van der Waals surface area (Å²) in [6.07, 6.45) is -5.35. The zero-order valence-electron chi connectivity index (χ0n) is 11.1. The molecule has 0 atom stereocenters. The molecule has 0 aromatic carbocycles. The molecule has 6 nitrogen and oxygen atoms in total. The number of primary amides is 1. The number of halogens is 3. The number of alkyl halides is 3. The highest BCUT2D eigenvalue weighted by Crippen LogP contribution is 2.35. The summed E-state index contributed by atoms with van der Waals surface area (Å²) in [5.41, 5.74) is 10.8. The van der Waals surface area contributed by atoms with Gasteiger partial charge in [0.15, 0.2) is 0 Å². The summed E-state index contributed by atoms with van der Waals surface area (Å²) in [7, 11) is 1.37. The molecular formula is C11H15F3N4O2S. The van der Waals surface area contributed by atoms with Gasteiger partial charge in [0, 0.05) is 20.0 Å². The number of nitrogens with two attached hydrogens (primary N) is 2. The summed E-state index contributed by atoms with van der Waals surface area (Å²) in [6.45, 7) is -0.0122. The minimum absolute atomic E-state index is 0.00748. The molecule has 0 aliphatic rings. The maximum Gasteiger partial charge on any atom is 0.389 e. The van der Waals surface area contributed by atoms with Crippen LogP contribution in [0.1, 0.15) is 32.9 Å². The van der Waals surface area contributed by atoms with E-state index in [9.17, 15) is 22.8 Å². The number of hydrogen-bond acceptors (Lipinski definition) is 5. The van der Waals surface area contributed by atoms with Gasteiger partial charge in [-0.1, -0.05) is 0 Å². The summed E-state index contributed by atoms with van der Waals surface area (Å²) in [4.78, 5) is 22.9. The largest absolute Gasteiger partial charge is 0.397 e. The Morgan fingerprint density at radius 3 is 2.43 bits per heavy atom. The lowest BCUT2D eigenvalue weighted by Crippen LogP contribution is -2.21. The Morgan fingerprint density at radius 2 is 1.95 bits per heavy atom. The number of carbonyl (C=O) groups excluding carboxylic acids is 2. The van der Waals surface area contributed by atoms with E-state index in [2.05, 4.69) is 10.6 Å². The van der Waals surface area contributed by atoms with Gasteiger partial charge in [0.2, 0.25) is 0 Å². The van der Waals surface area contributed by atoms with Gasteiger partial charge in [-0.2, -0.15) is 13.2 Å².